The molecule has 1 N–H and O–H groups in total. The molecular weight excluding hydrogens is 252 g/mol. The summed E-state index contributed by atoms with van der Waals surface area (Å²) in [5, 5.41) is 9.43. The van der Waals surface area contributed by atoms with E-state index in [1.54, 1.807) is 0 Å². The fraction of sp³-hybridized carbons (Fsp3) is 0.438. The van der Waals surface area contributed by atoms with Crippen molar-refractivity contribution in [2.75, 3.05) is 6.61 Å². The summed E-state index contributed by atoms with van der Waals surface area (Å²) < 4.78 is 5.64. The van der Waals surface area contributed by atoms with Gasteiger partial charge in [0.15, 0.2) is 0 Å². The summed E-state index contributed by atoms with van der Waals surface area (Å²) in [6.45, 7) is 7.35. The van der Waals surface area contributed by atoms with Gasteiger partial charge in [0, 0.05) is 12.6 Å². The van der Waals surface area contributed by atoms with Crippen LogP contribution in [0.1, 0.15) is 29.8 Å². The van der Waals surface area contributed by atoms with Gasteiger partial charge in [0.2, 0.25) is 5.89 Å². The zero-order valence-electron chi connectivity index (χ0n) is 12.3. The molecule has 2 aromatic rings. The van der Waals surface area contributed by atoms with Gasteiger partial charge < -0.3 is 9.52 Å². The minimum absolute atomic E-state index is 0.0581. The molecule has 0 aliphatic heterocycles. The first-order valence-electron chi connectivity index (χ1n) is 6.92. The Morgan fingerprint density at radius 2 is 1.90 bits per heavy atom. The number of benzene rings is 1. The van der Waals surface area contributed by atoms with Crippen LogP contribution in [0.5, 0.6) is 0 Å². The van der Waals surface area contributed by atoms with E-state index >= 15 is 0 Å². The number of aliphatic hydroxyl groups excluding tert-OH is 1. The van der Waals surface area contributed by atoms with Crippen molar-refractivity contribution in [3.05, 3.63) is 53.2 Å². The maximum Gasteiger partial charge on any atom is 0.208 e. The third kappa shape index (κ3) is 3.68. The predicted octanol–water partition coefficient (Wildman–Crippen LogP) is 2.67. The lowest BCUT2D eigenvalue weighted by Crippen LogP contribution is -2.34. The summed E-state index contributed by atoms with van der Waals surface area (Å²) in [6, 6.07) is 10.3. The standard InChI is InChI=1S/C16H22N2O2/c1-12(11-19)18(9-15-7-5-4-6-8-15)10-16-17-13(2)14(3)20-16/h4-8,12,19H,9-11H2,1-3H3/t12-/m1/s1. The van der Waals surface area contributed by atoms with Crippen LogP contribution in [-0.4, -0.2) is 27.6 Å². The SMILES string of the molecule is Cc1nc(CN(Cc2ccccc2)[C@H](C)CO)oc1C. The first-order chi connectivity index (χ1) is 9.60. The van der Waals surface area contributed by atoms with Crippen molar-refractivity contribution in [2.45, 2.75) is 39.9 Å². The fourth-order valence-electron chi connectivity index (χ4n) is 2.08. The molecular formula is C16H22N2O2. The number of nitrogens with zero attached hydrogens (tertiary/aromatic N) is 2. The van der Waals surface area contributed by atoms with Crippen LogP contribution in [0.25, 0.3) is 0 Å². The molecule has 1 atom stereocenters. The highest BCUT2D eigenvalue weighted by atomic mass is 16.4. The summed E-state index contributed by atoms with van der Waals surface area (Å²) in [5.41, 5.74) is 2.14. The van der Waals surface area contributed by atoms with Crippen molar-refractivity contribution < 1.29 is 9.52 Å². The maximum absolute atomic E-state index is 9.43. The molecule has 0 saturated carbocycles. The lowest BCUT2D eigenvalue weighted by molar-refractivity contribution is 0.112. The Kier molecular flexibility index (Phi) is 4.93. The van der Waals surface area contributed by atoms with Crippen molar-refractivity contribution in [1.29, 1.82) is 0 Å². The Morgan fingerprint density at radius 3 is 2.45 bits per heavy atom. The normalized spacial score (nSPS) is 12.8. The van der Waals surface area contributed by atoms with E-state index in [2.05, 4.69) is 22.0 Å². The van der Waals surface area contributed by atoms with E-state index in [9.17, 15) is 5.11 Å². The quantitative estimate of drug-likeness (QED) is 0.880. The van der Waals surface area contributed by atoms with Crippen LogP contribution in [0.4, 0.5) is 0 Å². The van der Waals surface area contributed by atoms with Gasteiger partial charge in [0.1, 0.15) is 5.76 Å². The van der Waals surface area contributed by atoms with Crippen LogP contribution in [0.15, 0.2) is 34.7 Å². The molecule has 1 aromatic carbocycles. The Bertz CT molecular complexity index is 517. The fourth-order valence-corrected chi connectivity index (χ4v) is 2.08. The van der Waals surface area contributed by atoms with Crippen LogP contribution in [0, 0.1) is 13.8 Å². The van der Waals surface area contributed by atoms with Gasteiger partial charge in [0.25, 0.3) is 0 Å². The second-order valence-electron chi connectivity index (χ2n) is 5.17. The average Bonchev–Trinajstić information content (AvgIpc) is 2.77. The third-order valence-electron chi connectivity index (χ3n) is 3.53. The van der Waals surface area contributed by atoms with E-state index in [0.717, 1.165) is 18.0 Å². The highest BCUT2D eigenvalue weighted by Gasteiger charge is 2.17. The van der Waals surface area contributed by atoms with E-state index in [1.807, 2.05) is 39.0 Å². The second kappa shape index (κ2) is 6.68. The summed E-state index contributed by atoms with van der Waals surface area (Å²) in [7, 11) is 0. The molecule has 0 fully saturated rings. The molecule has 0 aliphatic carbocycles. The molecule has 0 saturated heterocycles. The first kappa shape index (κ1) is 14.8. The molecule has 1 aromatic heterocycles. The van der Waals surface area contributed by atoms with E-state index in [4.69, 9.17) is 4.42 Å². The van der Waals surface area contributed by atoms with Crippen molar-refractivity contribution in [3.63, 3.8) is 0 Å². The average molecular weight is 274 g/mol. The Hall–Kier alpha value is -1.65. The van der Waals surface area contributed by atoms with Crippen molar-refractivity contribution in [3.8, 4) is 0 Å². The molecule has 0 spiro atoms. The van der Waals surface area contributed by atoms with E-state index < -0.39 is 0 Å². The third-order valence-corrected chi connectivity index (χ3v) is 3.53. The van der Waals surface area contributed by atoms with Crippen LogP contribution in [0.3, 0.4) is 0 Å². The van der Waals surface area contributed by atoms with Crippen molar-refractivity contribution >= 4 is 0 Å². The van der Waals surface area contributed by atoms with Gasteiger partial charge in [0.05, 0.1) is 18.8 Å². The van der Waals surface area contributed by atoms with Gasteiger partial charge in [-0.05, 0) is 26.3 Å². The minimum atomic E-state index is 0.0581. The summed E-state index contributed by atoms with van der Waals surface area (Å²) >= 11 is 0. The molecule has 2 rings (SSSR count). The largest absolute Gasteiger partial charge is 0.444 e. The molecule has 0 radical (unpaired) electrons. The molecule has 20 heavy (non-hydrogen) atoms. The first-order valence-corrected chi connectivity index (χ1v) is 6.92. The number of oxazole rings is 1. The van der Waals surface area contributed by atoms with Gasteiger partial charge in [-0.1, -0.05) is 30.3 Å². The zero-order chi connectivity index (χ0) is 14.5. The molecule has 0 amide bonds. The minimum Gasteiger partial charge on any atom is -0.444 e. The van der Waals surface area contributed by atoms with E-state index in [0.29, 0.717) is 12.4 Å². The van der Waals surface area contributed by atoms with Crippen LogP contribution < -0.4 is 0 Å². The zero-order valence-corrected chi connectivity index (χ0v) is 12.3. The number of hydrogen-bond acceptors (Lipinski definition) is 4. The number of aliphatic hydroxyl groups is 1. The lowest BCUT2D eigenvalue weighted by Gasteiger charge is -2.26. The molecule has 108 valence electrons. The van der Waals surface area contributed by atoms with Crippen LogP contribution >= 0.6 is 0 Å². The monoisotopic (exact) mass is 274 g/mol. The van der Waals surface area contributed by atoms with Crippen molar-refractivity contribution in [1.82, 2.24) is 9.88 Å². The summed E-state index contributed by atoms with van der Waals surface area (Å²) in [6.07, 6.45) is 0. The number of aryl methyl sites for hydroxylation is 2. The summed E-state index contributed by atoms with van der Waals surface area (Å²) in [4.78, 5) is 6.59. The van der Waals surface area contributed by atoms with Crippen LogP contribution in [-0.2, 0) is 13.1 Å². The maximum atomic E-state index is 9.43. The Balaban J connectivity index is 2.11. The van der Waals surface area contributed by atoms with Crippen molar-refractivity contribution in [2.24, 2.45) is 0 Å². The molecule has 0 bridgehead atoms. The highest BCUT2D eigenvalue weighted by molar-refractivity contribution is 5.14. The molecule has 0 unspecified atom stereocenters. The van der Waals surface area contributed by atoms with Gasteiger partial charge in [-0.25, -0.2) is 4.98 Å². The second-order valence-corrected chi connectivity index (χ2v) is 5.17. The van der Waals surface area contributed by atoms with Crippen LogP contribution in [0.2, 0.25) is 0 Å². The topological polar surface area (TPSA) is 49.5 Å². The van der Waals surface area contributed by atoms with Gasteiger partial charge >= 0.3 is 0 Å². The lowest BCUT2D eigenvalue weighted by atomic mass is 10.2. The summed E-state index contributed by atoms with van der Waals surface area (Å²) in [5.74, 6) is 1.56. The molecule has 4 heteroatoms. The highest BCUT2D eigenvalue weighted by Crippen LogP contribution is 2.15. The van der Waals surface area contributed by atoms with E-state index in [1.165, 1.54) is 5.56 Å². The molecule has 4 nitrogen and oxygen atoms in total. The Labute approximate surface area is 120 Å². The number of rotatable bonds is 6. The number of hydrogen-bond donors (Lipinski definition) is 1. The molecule has 1 heterocycles. The predicted molar refractivity (Wildman–Crippen MR) is 78.2 cm³/mol. The number of aromatic nitrogens is 1. The van der Waals surface area contributed by atoms with E-state index in [-0.39, 0.29) is 12.6 Å². The van der Waals surface area contributed by atoms with Gasteiger partial charge in [-0.15, -0.1) is 0 Å². The molecule has 0 aliphatic rings. The van der Waals surface area contributed by atoms with Gasteiger partial charge in [-0.3, -0.25) is 4.90 Å². The Morgan fingerprint density at radius 1 is 1.20 bits per heavy atom. The van der Waals surface area contributed by atoms with Gasteiger partial charge in [-0.2, -0.15) is 0 Å². The smallest absolute Gasteiger partial charge is 0.208 e.